The molecule has 0 amide bonds. The first kappa shape index (κ1) is 21.2. The Kier molecular flexibility index (Phi) is 5.96. The van der Waals surface area contributed by atoms with E-state index in [1.165, 1.54) is 24.0 Å². The number of carbonyl (C=O) groups excluding carboxylic acids is 1. The summed E-state index contributed by atoms with van der Waals surface area (Å²) in [6.45, 7) is 10.9. The number of carbonyl (C=O) groups is 1. The lowest BCUT2D eigenvalue weighted by molar-refractivity contribution is -0.146. The van der Waals surface area contributed by atoms with Crippen LogP contribution in [0.1, 0.15) is 57.4 Å². The Morgan fingerprint density at radius 3 is 2.77 bits per heavy atom. The van der Waals surface area contributed by atoms with Crippen LogP contribution in [-0.4, -0.2) is 42.6 Å². The number of fused-ring (bicyclic) bond motifs is 2. The van der Waals surface area contributed by atoms with E-state index in [9.17, 15) is 4.79 Å². The summed E-state index contributed by atoms with van der Waals surface area (Å²) in [6.07, 6.45) is 8.21. The molecule has 1 aromatic carbocycles. The fraction of sp³-hybridized carbons (Fsp3) is 0.667. The quantitative estimate of drug-likeness (QED) is 0.558. The van der Waals surface area contributed by atoms with Crippen LogP contribution in [0.4, 0.5) is 0 Å². The molecule has 1 N–H and O–H groups in total. The van der Waals surface area contributed by atoms with Crippen LogP contribution in [-0.2, 0) is 16.1 Å². The molecule has 31 heavy (non-hydrogen) atoms. The third-order valence-corrected chi connectivity index (χ3v) is 8.78. The fourth-order valence-electron chi connectivity index (χ4n) is 6.92. The first-order valence-electron chi connectivity index (χ1n) is 12.4. The number of likely N-dealkylation sites (tertiary alicyclic amines) is 1. The average Bonchev–Trinajstić information content (AvgIpc) is 3.06. The monoisotopic (exact) mass is 422 g/mol. The molecule has 0 aromatic heterocycles. The van der Waals surface area contributed by atoms with Crippen molar-refractivity contribution in [3.8, 4) is 0 Å². The second-order valence-electron chi connectivity index (χ2n) is 10.8. The fourth-order valence-corrected chi connectivity index (χ4v) is 6.92. The first-order chi connectivity index (χ1) is 15.0. The number of esters is 1. The third kappa shape index (κ3) is 4.34. The van der Waals surface area contributed by atoms with Gasteiger partial charge >= 0.3 is 5.97 Å². The number of ether oxygens (including phenoxy) is 1. The van der Waals surface area contributed by atoms with Crippen LogP contribution in [0.2, 0.25) is 0 Å². The Labute approximate surface area is 187 Å². The zero-order valence-corrected chi connectivity index (χ0v) is 19.0. The summed E-state index contributed by atoms with van der Waals surface area (Å²) in [7, 11) is 0. The molecule has 0 radical (unpaired) electrons. The molecule has 4 nitrogen and oxygen atoms in total. The first-order valence-corrected chi connectivity index (χ1v) is 12.4. The van der Waals surface area contributed by atoms with Gasteiger partial charge in [0.1, 0.15) is 6.10 Å². The maximum absolute atomic E-state index is 12.8. The van der Waals surface area contributed by atoms with Crippen molar-refractivity contribution in [1.29, 1.82) is 0 Å². The van der Waals surface area contributed by atoms with Gasteiger partial charge in [-0.05, 0) is 74.9 Å². The number of allylic oxidation sites excluding steroid dienone is 1. The minimum absolute atomic E-state index is 0.0200. The predicted octanol–water partition coefficient (Wildman–Crippen LogP) is 4.55. The molecular formula is C27H38N2O2. The van der Waals surface area contributed by atoms with Gasteiger partial charge in [0.05, 0.1) is 5.92 Å². The molecule has 4 aliphatic rings. The van der Waals surface area contributed by atoms with E-state index in [0.717, 1.165) is 58.3 Å². The Morgan fingerprint density at radius 2 is 2.00 bits per heavy atom. The van der Waals surface area contributed by atoms with E-state index in [2.05, 4.69) is 54.1 Å². The van der Waals surface area contributed by atoms with Crippen LogP contribution in [0, 0.1) is 23.2 Å². The van der Waals surface area contributed by atoms with Gasteiger partial charge in [-0.15, -0.1) is 0 Å². The van der Waals surface area contributed by atoms with E-state index in [0.29, 0.717) is 17.9 Å². The van der Waals surface area contributed by atoms with E-state index >= 15 is 0 Å². The number of hydrogen-bond acceptors (Lipinski definition) is 4. The van der Waals surface area contributed by atoms with Gasteiger partial charge in [0, 0.05) is 25.0 Å². The third-order valence-electron chi connectivity index (χ3n) is 8.78. The summed E-state index contributed by atoms with van der Waals surface area (Å²) in [5.41, 5.74) is 3.09. The van der Waals surface area contributed by atoms with Crippen molar-refractivity contribution in [2.75, 3.05) is 19.6 Å². The highest BCUT2D eigenvalue weighted by molar-refractivity contribution is 5.75. The minimum atomic E-state index is 0.0200. The van der Waals surface area contributed by atoms with Gasteiger partial charge in [-0.2, -0.15) is 0 Å². The van der Waals surface area contributed by atoms with Crippen molar-refractivity contribution in [1.82, 2.24) is 10.2 Å². The van der Waals surface area contributed by atoms with Gasteiger partial charge in [0.15, 0.2) is 0 Å². The highest BCUT2D eigenvalue weighted by atomic mass is 16.6. The molecule has 4 fully saturated rings. The van der Waals surface area contributed by atoms with Crippen LogP contribution >= 0.6 is 0 Å². The van der Waals surface area contributed by atoms with Crippen LogP contribution in [0.25, 0.3) is 0 Å². The topological polar surface area (TPSA) is 41.6 Å². The lowest BCUT2D eigenvalue weighted by Gasteiger charge is -2.50. The SMILES string of the molecule is C=C1CCC[C@]2(C)C[C@H]3OC(=O)[C@@H](CNC4CCN(Cc5ccccc5)CC4)[C@@H]3C[C@H]12. The van der Waals surface area contributed by atoms with Crippen LogP contribution in [0.5, 0.6) is 0 Å². The number of nitrogens with one attached hydrogen (secondary N) is 1. The van der Waals surface area contributed by atoms with E-state index in [-0.39, 0.29) is 23.4 Å². The molecule has 0 unspecified atom stereocenters. The molecule has 0 spiro atoms. The van der Waals surface area contributed by atoms with Gasteiger partial charge in [0.2, 0.25) is 0 Å². The van der Waals surface area contributed by atoms with Gasteiger partial charge in [0.25, 0.3) is 0 Å². The molecule has 4 heteroatoms. The maximum Gasteiger partial charge on any atom is 0.310 e. The van der Waals surface area contributed by atoms with Gasteiger partial charge in [-0.1, -0.05) is 49.4 Å². The van der Waals surface area contributed by atoms with Crippen molar-refractivity contribution in [3.05, 3.63) is 48.0 Å². The van der Waals surface area contributed by atoms with Crippen molar-refractivity contribution in [3.63, 3.8) is 0 Å². The second-order valence-corrected chi connectivity index (χ2v) is 10.8. The summed E-state index contributed by atoms with van der Waals surface area (Å²) >= 11 is 0. The highest BCUT2D eigenvalue weighted by Crippen LogP contribution is 2.56. The van der Waals surface area contributed by atoms with Crippen LogP contribution < -0.4 is 5.32 Å². The average molecular weight is 423 g/mol. The molecule has 168 valence electrons. The molecule has 2 saturated carbocycles. The Balaban J connectivity index is 1.13. The summed E-state index contributed by atoms with van der Waals surface area (Å²) < 4.78 is 5.93. The van der Waals surface area contributed by atoms with E-state index in [1.807, 2.05) is 0 Å². The Bertz CT molecular complexity index is 801. The Hall–Kier alpha value is -1.65. The van der Waals surface area contributed by atoms with Gasteiger partial charge in [-0.3, -0.25) is 9.69 Å². The normalized spacial score (nSPS) is 36.7. The second kappa shape index (κ2) is 8.71. The molecule has 2 aliphatic carbocycles. The standard InChI is InChI=1S/C27H38N2O2/c1-19-7-6-12-27(2)16-25-22(15-24(19)27)23(26(30)31-25)17-28-21-10-13-29(14-11-21)18-20-8-4-3-5-9-20/h3-5,8-9,21-25,28H,1,6-7,10-18H2,2H3/t22-,23-,24+,25+,27+/m0/s1. The molecular weight excluding hydrogens is 384 g/mol. The number of nitrogens with zero attached hydrogens (tertiary/aromatic N) is 1. The number of benzene rings is 1. The zero-order chi connectivity index (χ0) is 21.4. The van der Waals surface area contributed by atoms with Crippen LogP contribution in [0.3, 0.4) is 0 Å². The van der Waals surface area contributed by atoms with Gasteiger partial charge in [-0.25, -0.2) is 0 Å². The molecule has 1 aromatic rings. The highest BCUT2D eigenvalue weighted by Gasteiger charge is 2.55. The molecule has 5 atom stereocenters. The molecule has 2 saturated heterocycles. The van der Waals surface area contributed by atoms with Gasteiger partial charge < -0.3 is 10.1 Å². The minimum Gasteiger partial charge on any atom is -0.462 e. The zero-order valence-electron chi connectivity index (χ0n) is 19.0. The largest absolute Gasteiger partial charge is 0.462 e. The smallest absolute Gasteiger partial charge is 0.310 e. The van der Waals surface area contributed by atoms with Crippen LogP contribution in [0.15, 0.2) is 42.5 Å². The van der Waals surface area contributed by atoms with Crippen molar-refractivity contribution >= 4 is 5.97 Å². The predicted molar refractivity (Wildman–Crippen MR) is 123 cm³/mol. The lowest BCUT2D eigenvalue weighted by Crippen LogP contribution is -2.47. The Morgan fingerprint density at radius 1 is 1.23 bits per heavy atom. The van der Waals surface area contributed by atoms with Crippen molar-refractivity contribution in [2.24, 2.45) is 23.2 Å². The number of hydrogen-bond donors (Lipinski definition) is 1. The summed E-state index contributed by atoms with van der Waals surface area (Å²) in [5, 5.41) is 3.75. The summed E-state index contributed by atoms with van der Waals surface area (Å²) in [6, 6.07) is 11.3. The molecule has 2 heterocycles. The molecule has 2 aliphatic heterocycles. The number of piperidine rings is 1. The molecule has 0 bridgehead atoms. The lowest BCUT2D eigenvalue weighted by atomic mass is 9.55. The molecule has 5 rings (SSSR count). The summed E-state index contributed by atoms with van der Waals surface area (Å²) in [5.74, 6) is 0.996. The van der Waals surface area contributed by atoms with Crippen molar-refractivity contribution < 1.29 is 9.53 Å². The van der Waals surface area contributed by atoms with Crippen molar-refractivity contribution in [2.45, 2.75) is 70.6 Å². The van der Waals surface area contributed by atoms with E-state index in [4.69, 9.17) is 4.74 Å². The maximum atomic E-state index is 12.8. The summed E-state index contributed by atoms with van der Waals surface area (Å²) in [4.78, 5) is 15.3. The number of rotatable bonds is 5. The van der Waals surface area contributed by atoms with E-state index < -0.39 is 0 Å². The van der Waals surface area contributed by atoms with E-state index in [1.54, 1.807) is 0 Å².